The Kier molecular flexibility index (Phi) is 4.56. The summed E-state index contributed by atoms with van der Waals surface area (Å²) >= 11 is 0. The summed E-state index contributed by atoms with van der Waals surface area (Å²) in [5, 5.41) is 0. The quantitative estimate of drug-likeness (QED) is 0.589. The van der Waals surface area contributed by atoms with E-state index < -0.39 is 0 Å². The van der Waals surface area contributed by atoms with E-state index in [1.165, 1.54) is 12.4 Å². The van der Waals surface area contributed by atoms with Crippen LogP contribution >= 0.6 is 0 Å². The van der Waals surface area contributed by atoms with E-state index in [1.54, 1.807) is 12.2 Å². The molecule has 0 rings (SSSR count). The molecular weight excluding hydrogens is 138 g/mol. The average Bonchev–Trinajstić information content (AvgIpc) is 2.05. The molecule has 3 nitrogen and oxygen atoms in total. The summed E-state index contributed by atoms with van der Waals surface area (Å²) in [5.74, 6) is 0. The van der Waals surface area contributed by atoms with E-state index >= 15 is 0 Å². The van der Waals surface area contributed by atoms with Gasteiger partial charge in [0.1, 0.15) is 0 Å². The molecule has 3 heteroatoms. The lowest BCUT2D eigenvalue weighted by Crippen LogP contribution is -2.07. The molecule has 0 aliphatic rings. The maximum atomic E-state index is 5.55. The van der Waals surface area contributed by atoms with Gasteiger partial charge in [-0.25, -0.2) is 0 Å². The van der Waals surface area contributed by atoms with Crippen molar-refractivity contribution in [1.29, 1.82) is 0 Å². The Hall–Kier alpha value is -1.51. The number of nitrogens with two attached hydrogens (primary N) is 2. The highest BCUT2D eigenvalue weighted by Crippen LogP contribution is 1.91. The Labute approximate surface area is 66.8 Å². The van der Waals surface area contributed by atoms with Crippen LogP contribution in [0.25, 0.3) is 0 Å². The number of allylic oxidation sites excluding steroid dienone is 2. The molecule has 0 aromatic heterocycles. The van der Waals surface area contributed by atoms with Gasteiger partial charge in [0, 0.05) is 12.4 Å². The third-order valence-corrected chi connectivity index (χ3v) is 1.10. The van der Waals surface area contributed by atoms with Gasteiger partial charge in [-0.05, 0) is 13.0 Å². The van der Waals surface area contributed by atoms with Crippen LogP contribution in [0.3, 0.4) is 0 Å². The van der Waals surface area contributed by atoms with Crippen molar-refractivity contribution in [3.8, 4) is 0 Å². The lowest BCUT2D eigenvalue weighted by atomic mass is 10.2. The third kappa shape index (κ3) is 3.25. The highest BCUT2D eigenvalue weighted by atomic mass is 14.8. The maximum absolute atomic E-state index is 5.55. The van der Waals surface area contributed by atoms with Crippen molar-refractivity contribution in [2.45, 2.75) is 6.92 Å². The van der Waals surface area contributed by atoms with E-state index in [2.05, 4.69) is 11.6 Å². The van der Waals surface area contributed by atoms with Crippen LogP contribution in [0, 0.1) is 0 Å². The third-order valence-electron chi connectivity index (χ3n) is 1.10. The van der Waals surface area contributed by atoms with Crippen LogP contribution < -0.4 is 11.5 Å². The molecule has 0 amide bonds. The van der Waals surface area contributed by atoms with Crippen LogP contribution in [-0.4, -0.2) is 5.71 Å². The summed E-state index contributed by atoms with van der Waals surface area (Å²) < 4.78 is 0. The van der Waals surface area contributed by atoms with Gasteiger partial charge in [-0.3, -0.25) is 4.99 Å². The number of nitrogens with zero attached hydrogens (tertiary/aromatic N) is 1. The van der Waals surface area contributed by atoms with E-state index in [-0.39, 0.29) is 0 Å². The first-order valence-corrected chi connectivity index (χ1v) is 3.25. The molecule has 0 unspecified atom stereocenters. The topological polar surface area (TPSA) is 64.4 Å². The monoisotopic (exact) mass is 151 g/mol. The highest BCUT2D eigenvalue weighted by molar-refractivity contribution is 6.07. The van der Waals surface area contributed by atoms with Gasteiger partial charge in [0.25, 0.3) is 0 Å². The lowest BCUT2D eigenvalue weighted by molar-refractivity contribution is 1.40. The van der Waals surface area contributed by atoms with Crippen LogP contribution in [0.1, 0.15) is 6.92 Å². The normalized spacial score (nSPS) is 13.9. The zero-order valence-electron chi connectivity index (χ0n) is 6.62. The van der Waals surface area contributed by atoms with Crippen molar-refractivity contribution < 1.29 is 0 Å². The van der Waals surface area contributed by atoms with E-state index in [4.69, 9.17) is 11.5 Å². The van der Waals surface area contributed by atoms with E-state index in [0.29, 0.717) is 11.4 Å². The van der Waals surface area contributed by atoms with E-state index in [9.17, 15) is 0 Å². The molecule has 0 fully saturated rings. The zero-order chi connectivity index (χ0) is 8.69. The van der Waals surface area contributed by atoms with Gasteiger partial charge in [0.2, 0.25) is 0 Å². The van der Waals surface area contributed by atoms with Gasteiger partial charge in [0.05, 0.1) is 11.4 Å². The second-order valence-corrected chi connectivity index (χ2v) is 1.80. The molecule has 0 heterocycles. The fraction of sp³-hybridized carbons (Fsp3) is 0.125. The minimum absolute atomic E-state index is 0.595. The zero-order valence-corrected chi connectivity index (χ0v) is 6.62. The van der Waals surface area contributed by atoms with Crippen LogP contribution in [0.5, 0.6) is 0 Å². The van der Waals surface area contributed by atoms with Gasteiger partial charge in [-0.2, -0.15) is 0 Å². The molecule has 0 saturated heterocycles. The highest BCUT2D eigenvalue weighted by Gasteiger charge is 1.92. The van der Waals surface area contributed by atoms with Gasteiger partial charge in [-0.1, -0.05) is 12.7 Å². The number of aliphatic imine (C=N–C) groups is 1. The fourth-order valence-corrected chi connectivity index (χ4v) is 0.516. The van der Waals surface area contributed by atoms with Crippen molar-refractivity contribution >= 4 is 5.71 Å². The van der Waals surface area contributed by atoms with Crippen LogP contribution in [0.4, 0.5) is 0 Å². The summed E-state index contributed by atoms with van der Waals surface area (Å²) in [6, 6.07) is 0. The van der Waals surface area contributed by atoms with E-state index in [1.807, 2.05) is 6.92 Å². The van der Waals surface area contributed by atoms with Crippen LogP contribution in [-0.2, 0) is 0 Å². The first-order valence-electron chi connectivity index (χ1n) is 3.25. The molecule has 0 aliphatic heterocycles. The second kappa shape index (κ2) is 5.29. The van der Waals surface area contributed by atoms with Gasteiger partial charge < -0.3 is 11.5 Å². The Morgan fingerprint density at radius 2 is 2.18 bits per heavy atom. The smallest absolute Gasteiger partial charge is 0.0850 e. The van der Waals surface area contributed by atoms with Crippen LogP contribution in [0.2, 0.25) is 0 Å². The molecule has 4 N–H and O–H groups in total. The number of rotatable bonds is 3. The summed E-state index contributed by atoms with van der Waals surface area (Å²) in [5.41, 5.74) is 11.9. The minimum atomic E-state index is 0.595. The Morgan fingerprint density at radius 1 is 1.55 bits per heavy atom. The largest absolute Gasteiger partial charge is 0.403 e. The number of hydrogen-bond donors (Lipinski definition) is 2. The fourth-order valence-electron chi connectivity index (χ4n) is 0.516. The molecule has 0 aromatic rings. The van der Waals surface area contributed by atoms with Crippen LogP contribution in [0.15, 0.2) is 41.8 Å². The van der Waals surface area contributed by atoms with Gasteiger partial charge in [-0.15, -0.1) is 0 Å². The summed E-state index contributed by atoms with van der Waals surface area (Å²) in [7, 11) is 0. The molecule has 0 spiro atoms. The predicted molar refractivity (Wildman–Crippen MR) is 48.9 cm³/mol. The molecule has 0 atom stereocenters. The summed E-state index contributed by atoms with van der Waals surface area (Å²) in [4.78, 5) is 3.93. The summed E-state index contributed by atoms with van der Waals surface area (Å²) in [6.07, 6.45) is 6.14. The second-order valence-electron chi connectivity index (χ2n) is 1.80. The number of hydrogen-bond acceptors (Lipinski definition) is 3. The lowest BCUT2D eigenvalue weighted by Gasteiger charge is -1.96. The van der Waals surface area contributed by atoms with Gasteiger partial charge in [0.15, 0.2) is 0 Å². The van der Waals surface area contributed by atoms with Crippen molar-refractivity contribution in [2.75, 3.05) is 0 Å². The maximum Gasteiger partial charge on any atom is 0.0850 e. The summed E-state index contributed by atoms with van der Waals surface area (Å²) in [6.45, 7) is 5.39. The Morgan fingerprint density at radius 3 is 2.55 bits per heavy atom. The Bertz CT molecular complexity index is 211. The predicted octanol–water partition coefficient (Wildman–Crippen LogP) is 0.906. The molecule has 0 radical (unpaired) electrons. The standard InChI is InChI=1S/C8H13N3/c1-3-7(10)8(4-2)11-6-5-9/h3-6H,2,9-10H2,1H3/b6-5-,7-3+,11-8+. The first-order chi connectivity index (χ1) is 5.26. The van der Waals surface area contributed by atoms with Gasteiger partial charge >= 0.3 is 0 Å². The minimum Gasteiger partial charge on any atom is -0.403 e. The Balaban J connectivity index is 4.52. The van der Waals surface area contributed by atoms with Crippen molar-refractivity contribution in [1.82, 2.24) is 0 Å². The molecular formula is C8H13N3. The molecule has 11 heavy (non-hydrogen) atoms. The first kappa shape index (κ1) is 9.49. The SMILES string of the molecule is C=CC(=N\C=C/N)/C(N)=C\C. The average molecular weight is 151 g/mol. The molecule has 0 saturated carbocycles. The molecule has 0 bridgehead atoms. The molecule has 0 aromatic carbocycles. The van der Waals surface area contributed by atoms with E-state index in [0.717, 1.165) is 0 Å². The van der Waals surface area contributed by atoms with Crippen molar-refractivity contribution in [3.05, 3.63) is 36.8 Å². The van der Waals surface area contributed by atoms with Crippen molar-refractivity contribution in [2.24, 2.45) is 16.5 Å². The molecule has 60 valence electrons. The molecule has 0 aliphatic carbocycles. The van der Waals surface area contributed by atoms with Crippen molar-refractivity contribution in [3.63, 3.8) is 0 Å².